The van der Waals surface area contributed by atoms with Crippen molar-refractivity contribution in [3.63, 3.8) is 0 Å². The van der Waals surface area contributed by atoms with Gasteiger partial charge in [-0.25, -0.2) is 0 Å². The third kappa shape index (κ3) is 3.62. The molecule has 1 aromatic rings. The van der Waals surface area contributed by atoms with Gasteiger partial charge in [-0.3, -0.25) is 4.79 Å². The van der Waals surface area contributed by atoms with Crippen LogP contribution in [0.4, 0.5) is 0 Å². The van der Waals surface area contributed by atoms with Gasteiger partial charge in [0.15, 0.2) is 0 Å². The normalized spacial score (nSPS) is 9.79. The van der Waals surface area contributed by atoms with Crippen molar-refractivity contribution < 1.29 is 9.90 Å². The summed E-state index contributed by atoms with van der Waals surface area (Å²) in [5.41, 5.74) is 1.72. The van der Waals surface area contributed by atoms with E-state index in [1.54, 1.807) is 12.1 Å². The van der Waals surface area contributed by atoms with Gasteiger partial charge in [-0.1, -0.05) is 35.9 Å². The van der Waals surface area contributed by atoms with Gasteiger partial charge < -0.3 is 5.11 Å². The number of rotatable bonds is 4. The Morgan fingerprint density at radius 3 is 2.43 bits per heavy atom. The zero-order valence-electron chi connectivity index (χ0n) is 7.66. The Labute approximate surface area is 87.8 Å². The molecule has 0 spiro atoms. The molecule has 1 rings (SSSR count). The van der Waals surface area contributed by atoms with Crippen LogP contribution in [0.1, 0.15) is 12.0 Å². The molecule has 1 N–H and O–H groups in total. The zero-order valence-corrected chi connectivity index (χ0v) is 8.42. The highest BCUT2D eigenvalue weighted by Gasteiger charge is 2.02. The molecular formula is C11H11ClO2. The van der Waals surface area contributed by atoms with E-state index in [9.17, 15) is 4.79 Å². The van der Waals surface area contributed by atoms with Crippen molar-refractivity contribution in [2.24, 2.45) is 0 Å². The summed E-state index contributed by atoms with van der Waals surface area (Å²) >= 11 is 5.72. The topological polar surface area (TPSA) is 37.3 Å². The third-order valence-corrected chi connectivity index (χ3v) is 2.02. The standard InChI is InChI=1S/C11H11ClO2/c1-8(7-11(13)14)6-9-2-4-10(12)5-3-9/h2-5H,1,6-7H2,(H,13,14). The monoisotopic (exact) mass is 210 g/mol. The molecule has 0 amide bonds. The van der Waals surface area contributed by atoms with E-state index in [4.69, 9.17) is 16.7 Å². The second-order valence-electron chi connectivity index (χ2n) is 3.12. The van der Waals surface area contributed by atoms with Crippen LogP contribution in [0.2, 0.25) is 5.02 Å². The SMILES string of the molecule is C=C(CC(=O)O)Cc1ccc(Cl)cc1. The fraction of sp³-hybridized carbons (Fsp3) is 0.182. The molecule has 74 valence electrons. The van der Waals surface area contributed by atoms with Crippen molar-refractivity contribution in [1.29, 1.82) is 0 Å². The van der Waals surface area contributed by atoms with Crippen molar-refractivity contribution >= 4 is 17.6 Å². The van der Waals surface area contributed by atoms with E-state index < -0.39 is 5.97 Å². The molecule has 0 saturated carbocycles. The number of hydrogen-bond donors (Lipinski definition) is 1. The molecule has 0 unspecified atom stereocenters. The fourth-order valence-electron chi connectivity index (χ4n) is 1.17. The summed E-state index contributed by atoms with van der Waals surface area (Å²) in [7, 11) is 0. The van der Waals surface area contributed by atoms with Crippen LogP contribution in [0.5, 0.6) is 0 Å². The molecule has 0 aliphatic heterocycles. The number of hydrogen-bond acceptors (Lipinski definition) is 1. The Morgan fingerprint density at radius 2 is 1.93 bits per heavy atom. The molecule has 0 aromatic heterocycles. The number of carbonyl (C=O) groups is 1. The van der Waals surface area contributed by atoms with Gasteiger partial charge in [0.1, 0.15) is 0 Å². The third-order valence-electron chi connectivity index (χ3n) is 1.77. The smallest absolute Gasteiger partial charge is 0.307 e. The van der Waals surface area contributed by atoms with Crippen molar-refractivity contribution in [1.82, 2.24) is 0 Å². The van der Waals surface area contributed by atoms with Crippen LogP contribution in [0.3, 0.4) is 0 Å². The average Bonchev–Trinajstić information content (AvgIpc) is 2.07. The summed E-state index contributed by atoms with van der Waals surface area (Å²) in [6.07, 6.45) is 0.603. The van der Waals surface area contributed by atoms with E-state index in [1.165, 1.54) is 0 Å². The molecule has 1 aromatic carbocycles. The van der Waals surface area contributed by atoms with Crippen molar-refractivity contribution in [3.8, 4) is 0 Å². The molecule has 0 saturated heterocycles. The minimum Gasteiger partial charge on any atom is -0.481 e. The van der Waals surface area contributed by atoms with E-state index in [0.29, 0.717) is 17.0 Å². The molecule has 0 fully saturated rings. The highest BCUT2D eigenvalue weighted by Crippen LogP contribution is 2.13. The predicted molar refractivity (Wildman–Crippen MR) is 56.5 cm³/mol. The van der Waals surface area contributed by atoms with Crippen LogP contribution in [0.15, 0.2) is 36.4 Å². The second-order valence-corrected chi connectivity index (χ2v) is 3.56. The minimum atomic E-state index is -0.844. The number of benzene rings is 1. The fourth-order valence-corrected chi connectivity index (χ4v) is 1.29. The maximum absolute atomic E-state index is 10.4. The summed E-state index contributed by atoms with van der Waals surface area (Å²) < 4.78 is 0. The molecular weight excluding hydrogens is 200 g/mol. The first-order valence-electron chi connectivity index (χ1n) is 4.21. The lowest BCUT2D eigenvalue weighted by Gasteiger charge is -2.02. The van der Waals surface area contributed by atoms with Crippen LogP contribution in [0, 0.1) is 0 Å². The first kappa shape index (κ1) is 10.8. The summed E-state index contributed by atoms with van der Waals surface area (Å²) in [6.45, 7) is 3.70. The molecule has 3 heteroatoms. The number of carboxylic acid groups (broad SMARTS) is 1. The van der Waals surface area contributed by atoms with E-state index in [-0.39, 0.29) is 6.42 Å². The molecule has 0 bridgehead atoms. The van der Waals surface area contributed by atoms with E-state index >= 15 is 0 Å². The van der Waals surface area contributed by atoms with Crippen molar-refractivity contribution in [2.45, 2.75) is 12.8 Å². The van der Waals surface area contributed by atoms with Crippen LogP contribution in [0.25, 0.3) is 0 Å². The summed E-state index contributed by atoms with van der Waals surface area (Å²) in [5, 5.41) is 9.20. The van der Waals surface area contributed by atoms with Crippen molar-refractivity contribution in [3.05, 3.63) is 47.0 Å². The van der Waals surface area contributed by atoms with Gasteiger partial charge in [0, 0.05) is 5.02 Å². The minimum absolute atomic E-state index is 0.0165. The van der Waals surface area contributed by atoms with Gasteiger partial charge in [0.2, 0.25) is 0 Å². The molecule has 14 heavy (non-hydrogen) atoms. The highest BCUT2D eigenvalue weighted by molar-refractivity contribution is 6.30. The lowest BCUT2D eigenvalue weighted by Crippen LogP contribution is -1.98. The van der Waals surface area contributed by atoms with Crippen LogP contribution >= 0.6 is 11.6 Å². The van der Waals surface area contributed by atoms with Gasteiger partial charge >= 0.3 is 5.97 Å². The maximum atomic E-state index is 10.4. The Bertz CT molecular complexity index is 341. The maximum Gasteiger partial charge on any atom is 0.307 e. The number of carboxylic acids is 1. The van der Waals surface area contributed by atoms with E-state index in [0.717, 1.165) is 5.56 Å². The highest BCUT2D eigenvalue weighted by atomic mass is 35.5. The van der Waals surface area contributed by atoms with Gasteiger partial charge in [0.25, 0.3) is 0 Å². The molecule has 0 aliphatic rings. The first-order chi connectivity index (χ1) is 6.58. The zero-order chi connectivity index (χ0) is 10.6. The van der Waals surface area contributed by atoms with Crippen molar-refractivity contribution in [2.75, 3.05) is 0 Å². The Hall–Kier alpha value is -1.28. The summed E-state index contributed by atoms with van der Waals surface area (Å²) in [4.78, 5) is 10.4. The van der Waals surface area contributed by atoms with Crippen LogP contribution < -0.4 is 0 Å². The molecule has 0 heterocycles. The van der Waals surface area contributed by atoms with E-state index in [1.807, 2.05) is 12.1 Å². The van der Waals surface area contributed by atoms with Gasteiger partial charge in [0.05, 0.1) is 6.42 Å². The Kier molecular flexibility index (Phi) is 3.72. The lowest BCUT2D eigenvalue weighted by atomic mass is 10.0. The molecule has 0 atom stereocenters. The molecule has 2 nitrogen and oxygen atoms in total. The Morgan fingerprint density at radius 1 is 1.36 bits per heavy atom. The molecule has 0 aliphatic carbocycles. The lowest BCUT2D eigenvalue weighted by molar-refractivity contribution is -0.136. The largest absolute Gasteiger partial charge is 0.481 e. The number of aliphatic carboxylic acids is 1. The average molecular weight is 211 g/mol. The summed E-state index contributed by atoms with van der Waals surface area (Å²) in [5.74, 6) is -0.844. The number of halogens is 1. The van der Waals surface area contributed by atoms with Gasteiger partial charge in [-0.15, -0.1) is 0 Å². The first-order valence-corrected chi connectivity index (χ1v) is 4.58. The van der Waals surface area contributed by atoms with Crippen LogP contribution in [-0.4, -0.2) is 11.1 Å². The summed E-state index contributed by atoms with van der Waals surface area (Å²) in [6, 6.07) is 7.31. The Balaban J connectivity index is 2.56. The van der Waals surface area contributed by atoms with Gasteiger partial charge in [-0.2, -0.15) is 0 Å². The molecule has 0 radical (unpaired) electrons. The van der Waals surface area contributed by atoms with Crippen LogP contribution in [-0.2, 0) is 11.2 Å². The quantitative estimate of drug-likeness (QED) is 0.776. The van der Waals surface area contributed by atoms with Gasteiger partial charge in [-0.05, 0) is 24.1 Å². The van der Waals surface area contributed by atoms with E-state index in [2.05, 4.69) is 6.58 Å². The second kappa shape index (κ2) is 4.82. The predicted octanol–water partition coefficient (Wildman–Crippen LogP) is 2.91.